The lowest BCUT2D eigenvalue weighted by molar-refractivity contribution is -0.115. The van der Waals surface area contributed by atoms with E-state index in [0.717, 1.165) is 5.75 Å². The molecule has 0 aliphatic heterocycles. The molecule has 3 aromatic rings. The van der Waals surface area contributed by atoms with Gasteiger partial charge < -0.3 is 10.1 Å². The van der Waals surface area contributed by atoms with Crippen molar-refractivity contribution < 1.29 is 18.7 Å². The number of aromatic nitrogens is 1. The topological polar surface area (TPSA) is 80.3 Å². The van der Waals surface area contributed by atoms with E-state index in [-0.39, 0.29) is 18.2 Å². The van der Waals surface area contributed by atoms with Gasteiger partial charge in [0.25, 0.3) is 5.91 Å². The van der Waals surface area contributed by atoms with Crippen LogP contribution in [0.15, 0.2) is 53.9 Å². The number of halogens is 1. The average Bonchev–Trinajstić information content (AvgIpc) is 3.10. The number of carbonyl (C=O) groups excluding carboxylic acids is 2. The molecule has 1 heterocycles. The highest BCUT2D eigenvalue weighted by atomic mass is 32.1. The predicted molar refractivity (Wildman–Crippen MR) is 106 cm³/mol. The molecule has 0 saturated heterocycles. The summed E-state index contributed by atoms with van der Waals surface area (Å²) in [5.41, 5.74) is 1.53. The highest BCUT2D eigenvalue weighted by Crippen LogP contribution is 2.19. The molecule has 28 heavy (non-hydrogen) atoms. The summed E-state index contributed by atoms with van der Waals surface area (Å²) in [5, 5.41) is 7.51. The molecule has 3 rings (SSSR count). The summed E-state index contributed by atoms with van der Waals surface area (Å²) in [4.78, 5) is 28.5. The van der Waals surface area contributed by atoms with Crippen molar-refractivity contribution in [1.82, 2.24) is 4.98 Å². The quantitative estimate of drug-likeness (QED) is 0.626. The van der Waals surface area contributed by atoms with E-state index in [2.05, 4.69) is 15.6 Å². The summed E-state index contributed by atoms with van der Waals surface area (Å²) in [6.45, 7) is 2.48. The van der Waals surface area contributed by atoms with Crippen LogP contribution < -0.4 is 15.4 Å². The molecule has 1 aromatic heterocycles. The van der Waals surface area contributed by atoms with Crippen molar-refractivity contribution in [1.29, 1.82) is 0 Å². The first-order valence-corrected chi connectivity index (χ1v) is 9.45. The predicted octanol–water partition coefficient (Wildman–Crippen LogP) is 4.11. The molecular formula is C20H18FN3O3S. The van der Waals surface area contributed by atoms with Gasteiger partial charge in [0.1, 0.15) is 11.6 Å². The van der Waals surface area contributed by atoms with E-state index in [0.29, 0.717) is 28.7 Å². The van der Waals surface area contributed by atoms with Crippen LogP contribution in [-0.2, 0) is 11.2 Å². The fraction of sp³-hybridized carbons (Fsp3) is 0.150. The molecule has 0 atom stereocenters. The van der Waals surface area contributed by atoms with Gasteiger partial charge in [0.05, 0.1) is 18.7 Å². The smallest absolute Gasteiger partial charge is 0.257 e. The van der Waals surface area contributed by atoms with Gasteiger partial charge in [0, 0.05) is 16.6 Å². The Morgan fingerprint density at radius 2 is 1.79 bits per heavy atom. The first-order chi connectivity index (χ1) is 13.5. The molecule has 8 heteroatoms. The normalized spacial score (nSPS) is 10.4. The fourth-order valence-corrected chi connectivity index (χ4v) is 3.09. The number of carbonyl (C=O) groups is 2. The third-order valence-corrected chi connectivity index (χ3v) is 4.48. The van der Waals surface area contributed by atoms with E-state index < -0.39 is 5.82 Å². The summed E-state index contributed by atoms with van der Waals surface area (Å²) in [6.07, 6.45) is 0.0795. The number of hydrogen-bond acceptors (Lipinski definition) is 5. The number of nitrogens with zero attached hydrogens (tertiary/aromatic N) is 1. The molecular weight excluding hydrogens is 381 g/mol. The van der Waals surface area contributed by atoms with Crippen LogP contribution in [0.2, 0.25) is 0 Å². The van der Waals surface area contributed by atoms with Crippen molar-refractivity contribution in [2.75, 3.05) is 17.2 Å². The zero-order chi connectivity index (χ0) is 19.9. The summed E-state index contributed by atoms with van der Waals surface area (Å²) < 4.78 is 18.3. The Bertz CT molecular complexity index is 956. The molecule has 0 saturated carbocycles. The molecule has 0 radical (unpaired) electrons. The fourth-order valence-electron chi connectivity index (χ4n) is 2.39. The number of anilines is 2. The molecule has 0 unspecified atom stereocenters. The lowest BCUT2D eigenvalue weighted by Crippen LogP contribution is -2.15. The average molecular weight is 399 g/mol. The van der Waals surface area contributed by atoms with E-state index in [9.17, 15) is 14.0 Å². The highest BCUT2D eigenvalue weighted by Gasteiger charge is 2.12. The number of nitrogens with one attached hydrogen (secondary N) is 2. The van der Waals surface area contributed by atoms with Gasteiger partial charge in [-0.3, -0.25) is 14.9 Å². The Morgan fingerprint density at radius 1 is 1.07 bits per heavy atom. The van der Waals surface area contributed by atoms with Crippen molar-refractivity contribution >= 4 is 34.0 Å². The molecule has 6 nitrogen and oxygen atoms in total. The lowest BCUT2D eigenvalue weighted by atomic mass is 10.2. The van der Waals surface area contributed by atoms with E-state index >= 15 is 0 Å². The molecule has 2 aromatic carbocycles. The number of hydrogen-bond donors (Lipinski definition) is 2. The third kappa shape index (κ3) is 5.37. The van der Waals surface area contributed by atoms with Gasteiger partial charge in [0.2, 0.25) is 5.91 Å². The molecule has 0 aliphatic carbocycles. The minimum absolute atomic E-state index is 0.0795. The lowest BCUT2D eigenvalue weighted by Gasteiger charge is -2.06. The zero-order valence-electron chi connectivity index (χ0n) is 15.1. The minimum Gasteiger partial charge on any atom is -0.494 e. The summed E-state index contributed by atoms with van der Waals surface area (Å²) in [7, 11) is 0. The second-order valence-corrected chi connectivity index (χ2v) is 6.65. The van der Waals surface area contributed by atoms with Gasteiger partial charge in [-0.2, -0.15) is 0 Å². The molecule has 0 fully saturated rings. The van der Waals surface area contributed by atoms with Crippen LogP contribution in [0.3, 0.4) is 0 Å². The van der Waals surface area contributed by atoms with Gasteiger partial charge in [-0.15, -0.1) is 11.3 Å². The maximum atomic E-state index is 12.9. The van der Waals surface area contributed by atoms with Crippen LogP contribution in [0.25, 0.3) is 0 Å². The maximum Gasteiger partial charge on any atom is 0.257 e. The van der Waals surface area contributed by atoms with Gasteiger partial charge in [-0.1, -0.05) is 0 Å². The van der Waals surface area contributed by atoms with Crippen LogP contribution >= 0.6 is 11.3 Å². The van der Waals surface area contributed by atoms with Gasteiger partial charge in [-0.25, -0.2) is 9.37 Å². The SMILES string of the molecule is CCOc1ccc(NC(=O)Cc2csc(NC(=O)c3ccc(F)cc3)n2)cc1. The van der Waals surface area contributed by atoms with Crippen LogP contribution in [0.5, 0.6) is 5.75 Å². The van der Waals surface area contributed by atoms with E-state index in [1.807, 2.05) is 6.92 Å². The van der Waals surface area contributed by atoms with Gasteiger partial charge >= 0.3 is 0 Å². The van der Waals surface area contributed by atoms with Crippen molar-refractivity contribution in [2.24, 2.45) is 0 Å². The van der Waals surface area contributed by atoms with Gasteiger partial charge in [-0.05, 0) is 55.5 Å². The third-order valence-electron chi connectivity index (χ3n) is 3.67. The maximum absolute atomic E-state index is 12.9. The van der Waals surface area contributed by atoms with Gasteiger partial charge in [0.15, 0.2) is 5.13 Å². The Labute approximate surface area is 165 Å². The number of rotatable bonds is 7. The van der Waals surface area contributed by atoms with Crippen molar-refractivity contribution in [2.45, 2.75) is 13.3 Å². The summed E-state index contributed by atoms with van der Waals surface area (Å²) >= 11 is 1.22. The largest absolute Gasteiger partial charge is 0.494 e. The summed E-state index contributed by atoms with van der Waals surface area (Å²) in [5.74, 6) is -0.279. The second kappa shape index (κ2) is 9.09. The Balaban J connectivity index is 1.54. The molecule has 2 amide bonds. The Kier molecular flexibility index (Phi) is 6.33. The van der Waals surface area contributed by atoms with E-state index in [1.54, 1.807) is 29.6 Å². The number of thiazole rings is 1. The zero-order valence-corrected chi connectivity index (χ0v) is 15.9. The Morgan fingerprint density at radius 3 is 2.46 bits per heavy atom. The van der Waals surface area contributed by atoms with Crippen molar-refractivity contribution in [3.05, 3.63) is 71.0 Å². The second-order valence-electron chi connectivity index (χ2n) is 5.79. The molecule has 0 bridgehead atoms. The number of benzene rings is 2. The van der Waals surface area contributed by atoms with Crippen LogP contribution in [0.4, 0.5) is 15.2 Å². The molecule has 144 valence electrons. The number of ether oxygens (including phenoxy) is 1. The molecule has 0 aliphatic rings. The number of amides is 2. The first-order valence-electron chi connectivity index (χ1n) is 8.57. The van der Waals surface area contributed by atoms with Crippen molar-refractivity contribution in [3.8, 4) is 5.75 Å². The monoisotopic (exact) mass is 399 g/mol. The highest BCUT2D eigenvalue weighted by molar-refractivity contribution is 7.14. The summed E-state index contributed by atoms with van der Waals surface area (Å²) in [6, 6.07) is 12.3. The van der Waals surface area contributed by atoms with E-state index in [1.165, 1.54) is 35.6 Å². The standard InChI is InChI=1S/C20H18FN3O3S/c1-2-27-17-9-7-15(8-10-17)22-18(25)11-16-12-28-20(23-16)24-19(26)13-3-5-14(21)6-4-13/h3-10,12H,2,11H2,1H3,(H,22,25)(H,23,24,26). The Hall–Kier alpha value is -3.26. The van der Waals surface area contributed by atoms with E-state index in [4.69, 9.17) is 4.74 Å². The van der Waals surface area contributed by atoms with Crippen LogP contribution in [0, 0.1) is 5.82 Å². The van der Waals surface area contributed by atoms with Crippen LogP contribution in [-0.4, -0.2) is 23.4 Å². The molecule has 2 N–H and O–H groups in total. The minimum atomic E-state index is -0.411. The van der Waals surface area contributed by atoms with Crippen molar-refractivity contribution in [3.63, 3.8) is 0 Å². The van der Waals surface area contributed by atoms with Crippen LogP contribution in [0.1, 0.15) is 23.0 Å². The molecule has 0 spiro atoms. The first kappa shape index (κ1) is 19.5.